The van der Waals surface area contributed by atoms with E-state index in [0.29, 0.717) is 37.6 Å². The molecule has 1 N–H and O–H groups in total. The van der Waals surface area contributed by atoms with E-state index in [0.717, 1.165) is 0 Å². The van der Waals surface area contributed by atoms with Crippen molar-refractivity contribution in [3.63, 3.8) is 0 Å². The molecule has 7 heteroatoms. The molecule has 5 nitrogen and oxygen atoms in total. The van der Waals surface area contributed by atoms with Gasteiger partial charge < -0.3 is 14.7 Å². The third-order valence-corrected chi connectivity index (χ3v) is 5.93. The van der Waals surface area contributed by atoms with Gasteiger partial charge in [0.15, 0.2) is 0 Å². The Labute approximate surface area is 122 Å². The zero-order valence-corrected chi connectivity index (χ0v) is 12.6. The first-order valence-corrected chi connectivity index (χ1v) is 8.02. The summed E-state index contributed by atoms with van der Waals surface area (Å²) in [6.07, 6.45) is 1.40. The van der Waals surface area contributed by atoms with Crippen molar-refractivity contribution in [2.24, 2.45) is 5.92 Å². The molecule has 0 bridgehead atoms. The molecule has 0 aliphatic carbocycles. The molecule has 2 heterocycles. The number of hydrogen-bond donors (Lipinski definition) is 2. The van der Waals surface area contributed by atoms with Crippen LogP contribution in [0.3, 0.4) is 0 Å². The molecule has 108 valence electrons. The Morgan fingerprint density at radius 3 is 2.68 bits per heavy atom. The van der Waals surface area contributed by atoms with Crippen LogP contribution < -0.4 is 0 Å². The van der Waals surface area contributed by atoms with Gasteiger partial charge in [0.2, 0.25) is 5.91 Å². The van der Waals surface area contributed by atoms with Gasteiger partial charge in [0, 0.05) is 43.5 Å². The van der Waals surface area contributed by atoms with Crippen molar-refractivity contribution >= 4 is 36.3 Å². The maximum absolute atomic E-state index is 12.5. The molecular formula is C12H19NO4S2. The first kappa shape index (κ1) is 15.0. The summed E-state index contributed by atoms with van der Waals surface area (Å²) in [6, 6.07) is -0.724. The molecule has 0 aromatic heterocycles. The van der Waals surface area contributed by atoms with Crippen molar-refractivity contribution in [2.75, 3.05) is 24.7 Å². The van der Waals surface area contributed by atoms with Gasteiger partial charge in [-0.25, -0.2) is 4.79 Å². The predicted molar refractivity (Wildman–Crippen MR) is 76.5 cm³/mol. The summed E-state index contributed by atoms with van der Waals surface area (Å²) < 4.78 is 5.35. The van der Waals surface area contributed by atoms with Crippen molar-refractivity contribution < 1.29 is 19.4 Å². The maximum atomic E-state index is 12.5. The Hall–Kier alpha value is -0.400. The van der Waals surface area contributed by atoms with Crippen LogP contribution >= 0.6 is 24.4 Å². The highest BCUT2D eigenvalue weighted by atomic mass is 32.2. The number of amides is 1. The lowest BCUT2D eigenvalue weighted by Gasteiger charge is -2.42. The Kier molecular flexibility index (Phi) is 4.68. The molecular weight excluding hydrogens is 286 g/mol. The summed E-state index contributed by atoms with van der Waals surface area (Å²) in [6.45, 7) is 2.96. The van der Waals surface area contributed by atoms with Gasteiger partial charge >= 0.3 is 5.97 Å². The third kappa shape index (κ3) is 2.73. The molecule has 0 aromatic rings. The fourth-order valence-corrected chi connectivity index (χ4v) is 4.32. The third-order valence-electron chi connectivity index (χ3n) is 3.75. The van der Waals surface area contributed by atoms with Crippen LogP contribution in [0.2, 0.25) is 0 Å². The number of thiol groups is 1. The zero-order valence-electron chi connectivity index (χ0n) is 10.9. The lowest BCUT2D eigenvalue weighted by Crippen LogP contribution is -2.56. The van der Waals surface area contributed by atoms with Gasteiger partial charge in [-0.1, -0.05) is 6.92 Å². The van der Waals surface area contributed by atoms with Crippen LogP contribution in [-0.2, 0) is 14.3 Å². The number of ether oxygens (including phenoxy) is 1. The number of rotatable bonds is 3. The van der Waals surface area contributed by atoms with Gasteiger partial charge in [-0.3, -0.25) is 4.79 Å². The quantitative estimate of drug-likeness (QED) is 0.764. The number of aliphatic carboxylic acids is 1. The summed E-state index contributed by atoms with van der Waals surface area (Å²) >= 11 is 5.74. The standard InChI is InChI=1S/C12H19NO4S2/c1-8(6-18)10(14)13-9(11(15)16)7-19-12(13)2-4-17-5-3-12/h8-9,18H,2-7H2,1H3,(H,15,16)/t8-,9+/m1/s1. The second kappa shape index (κ2) is 5.93. The largest absolute Gasteiger partial charge is 0.480 e. The van der Waals surface area contributed by atoms with Gasteiger partial charge in [-0.05, 0) is 0 Å². The predicted octanol–water partition coefficient (Wildman–Crippen LogP) is 1.09. The summed E-state index contributed by atoms with van der Waals surface area (Å²) in [5.74, 6) is -0.396. The lowest BCUT2D eigenvalue weighted by molar-refractivity contribution is -0.154. The number of carboxylic acids is 1. The van der Waals surface area contributed by atoms with E-state index in [-0.39, 0.29) is 11.8 Å². The van der Waals surface area contributed by atoms with Crippen LogP contribution in [0.25, 0.3) is 0 Å². The van der Waals surface area contributed by atoms with Crippen LogP contribution in [0.15, 0.2) is 0 Å². The minimum absolute atomic E-state index is 0.102. The smallest absolute Gasteiger partial charge is 0.327 e. The molecule has 2 fully saturated rings. The van der Waals surface area contributed by atoms with Gasteiger partial charge in [0.25, 0.3) is 0 Å². The second-order valence-electron chi connectivity index (χ2n) is 5.02. The molecule has 0 aromatic carbocycles. The number of carbonyl (C=O) groups is 2. The number of nitrogens with zero attached hydrogens (tertiary/aromatic N) is 1. The van der Waals surface area contributed by atoms with E-state index in [4.69, 9.17) is 4.74 Å². The molecule has 2 rings (SSSR count). The van der Waals surface area contributed by atoms with Gasteiger partial charge in [0.05, 0.1) is 4.87 Å². The summed E-state index contributed by atoms with van der Waals surface area (Å²) in [5.41, 5.74) is 0. The average Bonchev–Trinajstić information content (AvgIpc) is 2.77. The molecule has 2 aliphatic rings. The first-order chi connectivity index (χ1) is 9.02. The molecule has 2 saturated heterocycles. The fraction of sp³-hybridized carbons (Fsp3) is 0.833. The Bertz CT molecular complexity index is 371. The van der Waals surface area contributed by atoms with Crippen LogP contribution in [0, 0.1) is 5.92 Å². The topological polar surface area (TPSA) is 66.8 Å². The minimum Gasteiger partial charge on any atom is -0.480 e. The zero-order chi connectivity index (χ0) is 14.0. The van der Waals surface area contributed by atoms with Gasteiger partial charge in [-0.15, -0.1) is 11.8 Å². The van der Waals surface area contributed by atoms with Crippen molar-refractivity contribution in [1.29, 1.82) is 0 Å². The van der Waals surface area contributed by atoms with E-state index in [1.165, 1.54) is 0 Å². The Balaban J connectivity index is 2.28. The molecule has 2 atom stereocenters. The van der Waals surface area contributed by atoms with Crippen LogP contribution in [0.4, 0.5) is 0 Å². The highest BCUT2D eigenvalue weighted by Crippen LogP contribution is 2.46. The molecule has 1 amide bonds. The molecule has 1 spiro atoms. The summed E-state index contributed by atoms with van der Waals surface area (Å²) in [4.78, 5) is 25.1. The van der Waals surface area contributed by atoms with Crippen molar-refractivity contribution in [1.82, 2.24) is 4.90 Å². The number of carbonyl (C=O) groups excluding carboxylic acids is 1. The second-order valence-corrected chi connectivity index (χ2v) is 6.76. The highest BCUT2D eigenvalue weighted by Gasteiger charge is 2.53. The van der Waals surface area contributed by atoms with Gasteiger partial charge in [0.1, 0.15) is 6.04 Å². The van der Waals surface area contributed by atoms with E-state index >= 15 is 0 Å². The van der Waals surface area contributed by atoms with Crippen LogP contribution in [-0.4, -0.2) is 57.5 Å². The van der Waals surface area contributed by atoms with Crippen molar-refractivity contribution in [3.05, 3.63) is 0 Å². The average molecular weight is 305 g/mol. The van der Waals surface area contributed by atoms with Crippen molar-refractivity contribution in [3.8, 4) is 0 Å². The fourth-order valence-electron chi connectivity index (χ4n) is 2.59. The van der Waals surface area contributed by atoms with Gasteiger partial charge in [-0.2, -0.15) is 12.6 Å². The Morgan fingerprint density at radius 2 is 2.16 bits per heavy atom. The molecule has 0 saturated carbocycles. The number of hydrogen-bond acceptors (Lipinski definition) is 5. The number of thioether (sulfide) groups is 1. The lowest BCUT2D eigenvalue weighted by atomic mass is 10.0. The molecule has 0 radical (unpaired) electrons. The van der Waals surface area contributed by atoms with E-state index < -0.39 is 16.9 Å². The Morgan fingerprint density at radius 1 is 1.53 bits per heavy atom. The number of carboxylic acid groups (broad SMARTS) is 1. The van der Waals surface area contributed by atoms with Crippen LogP contribution in [0.1, 0.15) is 19.8 Å². The van der Waals surface area contributed by atoms with Crippen LogP contribution in [0.5, 0.6) is 0 Å². The highest BCUT2D eigenvalue weighted by molar-refractivity contribution is 8.01. The monoisotopic (exact) mass is 305 g/mol. The molecule has 2 aliphatic heterocycles. The normalized spacial score (nSPS) is 27.5. The SMILES string of the molecule is C[C@H](CS)C(=O)N1[C@H](C(=O)O)CSC12CCOCC2. The van der Waals surface area contributed by atoms with E-state index in [1.807, 2.05) is 0 Å². The minimum atomic E-state index is -0.921. The van der Waals surface area contributed by atoms with E-state index in [2.05, 4.69) is 12.6 Å². The molecule has 0 unspecified atom stereocenters. The maximum Gasteiger partial charge on any atom is 0.327 e. The van der Waals surface area contributed by atoms with Crippen molar-refractivity contribution in [2.45, 2.75) is 30.7 Å². The van der Waals surface area contributed by atoms with E-state index in [9.17, 15) is 14.7 Å². The molecule has 19 heavy (non-hydrogen) atoms. The summed E-state index contributed by atoms with van der Waals surface area (Å²) in [7, 11) is 0. The summed E-state index contributed by atoms with van der Waals surface area (Å²) in [5, 5.41) is 9.34. The van der Waals surface area contributed by atoms with E-state index in [1.54, 1.807) is 23.6 Å². The first-order valence-electron chi connectivity index (χ1n) is 6.40.